The van der Waals surface area contributed by atoms with Crippen molar-refractivity contribution in [2.45, 2.75) is 50.7 Å². The number of rotatable bonds is 19. The topological polar surface area (TPSA) is 73.8 Å². The smallest absolute Gasteiger partial charge is 0.172 e. The predicted octanol–water partition coefficient (Wildman–Crippen LogP) is 13.2. The number of unbranched alkanes of at least 4 members (excludes halogenated alkanes) is 4. The van der Waals surface area contributed by atoms with Crippen molar-refractivity contribution >= 4 is 54.5 Å². The first-order valence-corrected chi connectivity index (χ1v) is 23.9. The minimum absolute atomic E-state index is 0.0112. The lowest BCUT2D eigenvalue weighted by molar-refractivity contribution is 0.000901. The van der Waals surface area contributed by atoms with Gasteiger partial charge < -0.3 is 37.9 Å². The minimum Gasteiger partial charge on any atom is -0.494 e. The van der Waals surface area contributed by atoms with Crippen molar-refractivity contribution in [1.82, 2.24) is 0 Å². The summed E-state index contributed by atoms with van der Waals surface area (Å²) in [6.07, 6.45) is 6.16. The first-order chi connectivity index (χ1) is 29.6. The zero-order chi connectivity index (χ0) is 41.2. The van der Waals surface area contributed by atoms with E-state index in [4.69, 9.17) is 37.9 Å². The molecule has 0 spiro atoms. The average molecular weight is 979 g/mol. The van der Waals surface area contributed by atoms with Crippen LogP contribution in [0.25, 0.3) is 22.3 Å². The fourth-order valence-corrected chi connectivity index (χ4v) is 8.30. The van der Waals surface area contributed by atoms with Crippen LogP contribution in [-0.4, -0.2) is 65.1 Å². The van der Waals surface area contributed by atoms with E-state index < -0.39 is 0 Å². The van der Waals surface area contributed by atoms with Crippen molar-refractivity contribution in [2.24, 2.45) is 0 Å². The van der Waals surface area contributed by atoms with Gasteiger partial charge in [0.2, 0.25) is 0 Å². The van der Waals surface area contributed by atoms with Crippen molar-refractivity contribution in [3.05, 3.63) is 128 Å². The molecule has 2 aliphatic heterocycles. The van der Waals surface area contributed by atoms with E-state index in [-0.39, 0.29) is 12.2 Å². The summed E-state index contributed by atoms with van der Waals surface area (Å²) in [6, 6.07) is 33.2. The molecule has 4 aromatic carbocycles. The number of ether oxygens (including phenoxy) is 8. The van der Waals surface area contributed by atoms with Crippen LogP contribution in [0.5, 0.6) is 34.5 Å². The highest BCUT2D eigenvalue weighted by Crippen LogP contribution is 2.36. The molecule has 6 aromatic rings. The molecule has 0 radical (unpaired) electrons. The largest absolute Gasteiger partial charge is 0.494 e. The van der Waals surface area contributed by atoms with Gasteiger partial charge in [0.1, 0.15) is 37.4 Å². The molecule has 0 aliphatic carbocycles. The lowest BCUT2D eigenvalue weighted by atomic mass is 10.1. The van der Waals surface area contributed by atoms with Crippen LogP contribution in [0.4, 0.5) is 0 Å². The molecule has 60 heavy (non-hydrogen) atoms. The zero-order valence-corrected chi connectivity index (χ0v) is 38.2. The molecule has 2 aromatic heterocycles. The summed E-state index contributed by atoms with van der Waals surface area (Å²) in [5, 5.41) is 7.86. The highest BCUT2D eigenvalue weighted by Gasteiger charge is 2.22. The van der Waals surface area contributed by atoms with Crippen molar-refractivity contribution in [3.8, 4) is 56.8 Å². The van der Waals surface area contributed by atoms with Crippen molar-refractivity contribution in [2.75, 3.05) is 52.9 Å². The van der Waals surface area contributed by atoms with Crippen LogP contribution in [0, 0.1) is 0 Å². The van der Waals surface area contributed by atoms with E-state index in [9.17, 15) is 0 Å². The second-order valence-electron chi connectivity index (χ2n) is 14.3. The van der Waals surface area contributed by atoms with Crippen molar-refractivity contribution in [3.63, 3.8) is 0 Å². The summed E-state index contributed by atoms with van der Waals surface area (Å²) in [5.41, 5.74) is 4.78. The van der Waals surface area contributed by atoms with Gasteiger partial charge in [-0.1, -0.05) is 80.4 Å². The summed E-state index contributed by atoms with van der Waals surface area (Å²) in [6.45, 7) is 5.09. The van der Waals surface area contributed by atoms with Gasteiger partial charge in [0, 0.05) is 43.7 Å². The number of hydrogen-bond acceptors (Lipinski definition) is 10. The third-order valence-electron chi connectivity index (χ3n) is 9.73. The maximum absolute atomic E-state index is 5.90. The standard InChI is InChI=1S/2C24H25BrO4S/c25-20-8-4-18(5-9-20)19-6-10-21(11-7-19)26-12-2-1-3-13-27-22-14-28-23-16-30-17-24(23)29-15-22;25-20-8-4-18(5-9-20)19-6-10-21(11-7-19)27-13-3-1-2-12-26-14-22-15-28-23-16-30-17-24(23)29-22/h2*4-11,16-17,22H,1-3,12-15H2. The Morgan fingerprint density at radius 3 is 1.40 bits per heavy atom. The van der Waals surface area contributed by atoms with Crippen LogP contribution in [0.2, 0.25) is 0 Å². The van der Waals surface area contributed by atoms with Gasteiger partial charge >= 0.3 is 0 Å². The van der Waals surface area contributed by atoms with E-state index in [2.05, 4.69) is 105 Å². The second kappa shape index (κ2) is 23.8. The highest BCUT2D eigenvalue weighted by atomic mass is 79.9. The Hall–Kier alpha value is -4.04. The van der Waals surface area contributed by atoms with E-state index in [1.807, 2.05) is 45.8 Å². The molecular formula is C48H50Br2O8S2. The van der Waals surface area contributed by atoms with Gasteiger partial charge in [0.25, 0.3) is 0 Å². The van der Waals surface area contributed by atoms with Gasteiger partial charge in [-0.15, -0.1) is 22.7 Å². The van der Waals surface area contributed by atoms with Crippen LogP contribution in [-0.2, 0) is 9.47 Å². The van der Waals surface area contributed by atoms with Gasteiger partial charge in [0.15, 0.2) is 29.1 Å². The van der Waals surface area contributed by atoms with Crippen LogP contribution in [0.15, 0.2) is 128 Å². The Morgan fingerprint density at radius 1 is 0.467 bits per heavy atom. The lowest BCUT2D eigenvalue weighted by Gasteiger charge is -2.24. The molecule has 0 N–H and O–H groups in total. The van der Waals surface area contributed by atoms with Crippen LogP contribution in [0.3, 0.4) is 0 Å². The fourth-order valence-electron chi connectivity index (χ4n) is 6.42. The van der Waals surface area contributed by atoms with E-state index in [1.165, 1.54) is 22.3 Å². The molecule has 12 heteroatoms. The molecule has 316 valence electrons. The second-order valence-corrected chi connectivity index (χ2v) is 17.6. The number of fused-ring (bicyclic) bond motifs is 2. The molecule has 4 heterocycles. The molecule has 0 saturated carbocycles. The minimum atomic E-state index is -0.0178. The van der Waals surface area contributed by atoms with E-state index in [0.717, 1.165) is 95.2 Å². The average Bonchev–Trinajstić information content (AvgIpc) is 3.91. The van der Waals surface area contributed by atoms with Crippen LogP contribution < -0.4 is 28.4 Å². The quantitative estimate of drug-likeness (QED) is 0.0743. The fraction of sp³-hybridized carbons (Fsp3) is 0.333. The van der Waals surface area contributed by atoms with E-state index in [0.29, 0.717) is 39.6 Å². The third-order valence-corrected chi connectivity index (χ3v) is 12.2. The molecule has 8 rings (SSSR count). The van der Waals surface area contributed by atoms with E-state index in [1.54, 1.807) is 22.7 Å². The lowest BCUT2D eigenvalue weighted by Crippen LogP contribution is -2.33. The summed E-state index contributed by atoms with van der Waals surface area (Å²) in [7, 11) is 0. The highest BCUT2D eigenvalue weighted by molar-refractivity contribution is 9.10. The molecular weight excluding hydrogens is 928 g/mol. The third kappa shape index (κ3) is 14.0. The molecule has 0 fully saturated rings. The number of hydrogen-bond donors (Lipinski definition) is 0. The summed E-state index contributed by atoms with van der Waals surface area (Å²) >= 11 is 10.1. The maximum atomic E-state index is 5.90. The Bertz CT molecular complexity index is 2090. The molecule has 8 nitrogen and oxygen atoms in total. The van der Waals surface area contributed by atoms with Gasteiger partial charge in [-0.25, -0.2) is 0 Å². The summed E-state index contributed by atoms with van der Waals surface area (Å²) < 4.78 is 48.5. The molecule has 0 amide bonds. The van der Waals surface area contributed by atoms with Gasteiger partial charge in [-0.2, -0.15) is 0 Å². The molecule has 1 unspecified atom stereocenters. The van der Waals surface area contributed by atoms with Gasteiger partial charge in [-0.05, 0) is 109 Å². The number of thiophene rings is 2. The Balaban J connectivity index is 0.000000181. The molecule has 0 bridgehead atoms. The normalized spacial score (nSPS) is 14.5. The summed E-state index contributed by atoms with van der Waals surface area (Å²) in [5.74, 6) is 5.16. The van der Waals surface area contributed by atoms with Gasteiger partial charge in [0.05, 0.1) is 19.8 Å². The monoisotopic (exact) mass is 976 g/mol. The van der Waals surface area contributed by atoms with Gasteiger partial charge in [-0.3, -0.25) is 0 Å². The molecule has 0 saturated heterocycles. The van der Waals surface area contributed by atoms with E-state index >= 15 is 0 Å². The Kier molecular flexibility index (Phi) is 17.5. The van der Waals surface area contributed by atoms with Crippen molar-refractivity contribution in [1.29, 1.82) is 0 Å². The molecule has 2 aliphatic rings. The zero-order valence-electron chi connectivity index (χ0n) is 33.4. The summed E-state index contributed by atoms with van der Waals surface area (Å²) in [4.78, 5) is 0. The Labute approximate surface area is 377 Å². The maximum Gasteiger partial charge on any atom is 0.172 e. The number of halogens is 2. The van der Waals surface area contributed by atoms with Crippen LogP contribution >= 0.6 is 54.5 Å². The number of benzene rings is 4. The SMILES string of the molecule is Brc1ccc(-c2ccc(OCCCCCOC3COc4cscc4OC3)cc2)cc1.Brc1ccc(-c2ccc(OCCCCCOCC3COc4cscc4O3)cc2)cc1. The Morgan fingerprint density at radius 2 is 0.883 bits per heavy atom. The molecule has 1 atom stereocenters. The van der Waals surface area contributed by atoms with Crippen molar-refractivity contribution < 1.29 is 37.9 Å². The first kappa shape index (κ1) is 44.0. The predicted molar refractivity (Wildman–Crippen MR) is 248 cm³/mol. The first-order valence-electron chi connectivity index (χ1n) is 20.4. The van der Waals surface area contributed by atoms with Crippen LogP contribution in [0.1, 0.15) is 38.5 Å².